The third kappa shape index (κ3) is 5.76. The first-order valence-electron chi connectivity index (χ1n) is 12.5. The third-order valence-electron chi connectivity index (χ3n) is 6.26. The monoisotopic (exact) mass is 555 g/mol. The molecule has 3 aromatic carbocycles. The number of ether oxygens (including phenoxy) is 1. The zero-order chi connectivity index (χ0) is 28.2. The van der Waals surface area contributed by atoms with Crippen LogP contribution in [0.25, 0.3) is 17.0 Å². The molecule has 0 bridgehead atoms. The Kier molecular flexibility index (Phi) is 7.70. The van der Waals surface area contributed by atoms with Gasteiger partial charge in [-0.1, -0.05) is 30.3 Å². The fraction of sp³-hybridized carbons (Fsp3) is 0.133. The summed E-state index contributed by atoms with van der Waals surface area (Å²) < 4.78 is 7.36. The number of para-hydroxylation sites is 1. The first-order chi connectivity index (χ1) is 19.3. The lowest BCUT2D eigenvalue weighted by atomic mass is 10.1. The fourth-order valence-electron chi connectivity index (χ4n) is 4.44. The first-order valence-corrected chi connectivity index (χ1v) is 13.3. The van der Waals surface area contributed by atoms with Crippen LogP contribution in [0.5, 0.6) is 5.75 Å². The van der Waals surface area contributed by atoms with Gasteiger partial charge in [-0.3, -0.25) is 19.3 Å². The molecule has 4 aromatic rings. The number of aromatic nitrogens is 1. The summed E-state index contributed by atoms with van der Waals surface area (Å²) in [7, 11) is 0. The van der Waals surface area contributed by atoms with Gasteiger partial charge in [-0.05, 0) is 72.8 Å². The van der Waals surface area contributed by atoms with Gasteiger partial charge in [0.15, 0.2) is 0 Å². The number of carbonyl (C=O) groups excluding carboxylic acids is 3. The molecule has 3 amide bonds. The van der Waals surface area contributed by atoms with Crippen LogP contribution in [0.3, 0.4) is 0 Å². The number of amides is 3. The van der Waals surface area contributed by atoms with Gasteiger partial charge in [0, 0.05) is 34.9 Å². The number of carboxylic acid groups (broad SMARTS) is 1. The first kappa shape index (κ1) is 26.8. The van der Waals surface area contributed by atoms with E-state index in [1.807, 2.05) is 48.0 Å². The predicted octanol–water partition coefficient (Wildman–Crippen LogP) is 5.46. The molecule has 1 aliphatic heterocycles. The van der Waals surface area contributed by atoms with Crippen molar-refractivity contribution in [2.45, 2.75) is 13.5 Å². The minimum atomic E-state index is -0.996. The molecule has 1 fully saturated rings. The van der Waals surface area contributed by atoms with Crippen LogP contribution >= 0.6 is 11.8 Å². The highest BCUT2D eigenvalue weighted by Crippen LogP contribution is 2.34. The third-order valence-corrected chi connectivity index (χ3v) is 7.16. The normalized spacial score (nSPS) is 14.2. The number of nitrogens with zero attached hydrogens (tertiary/aromatic N) is 2. The molecule has 0 aliphatic carbocycles. The van der Waals surface area contributed by atoms with Gasteiger partial charge in [0.05, 0.1) is 17.1 Å². The molecule has 1 saturated heterocycles. The topological polar surface area (TPSA) is 118 Å². The molecular weight excluding hydrogens is 530 g/mol. The summed E-state index contributed by atoms with van der Waals surface area (Å²) >= 11 is 0.787. The van der Waals surface area contributed by atoms with Crippen molar-refractivity contribution in [1.82, 2.24) is 9.47 Å². The van der Waals surface area contributed by atoms with Crippen molar-refractivity contribution in [2.75, 3.05) is 18.5 Å². The van der Waals surface area contributed by atoms with Crippen molar-refractivity contribution < 1.29 is 29.0 Å². The Bertz CT molecular complexity index is 1660. The van der Waals surface area contributed by atoms with Crippen LogP contribution in [0.15, 0.2) is 83.9 Å². The molecule has 0 atom stereocenters. The van der Waals surface area contributed by atoms with Gasteiger partial charge in [0.2, 0.25) is 5.91 Å². The maximum Gasteiger partial charge on any atom is 0.335 e. The van der Waals surface area contributed by atoms with E-state index in [0.717, 1.165) is 38.7 Å². The quantitative estimate of drug-likeness (QED) is 0.263. The van der Waals surface area contributed by atoms with Crippen molar-refractivity contribution in [2.24, 2.45) is 0 Å². The summed E-state index contributed by atoms with van der Waals surface area (Å²) in [6.45, 7) is 2.42. The van der Waals surface area contributed by atoms with Crippen LogP contribution in [0.4, 0.5) is 10.5 Å². The molecule has 5 rings (SSSR count). The second kappa shape index (κ2) is 11.5. The minimum Gasteiger partial charge on any atom is -0.494 e. The van der Waals surface area contributed by atoms with Gasteiger partial charge in [0.1, 0.15) is 12.3 Å². The molecule has 0 spiro atoms. The van der Waals surface area contributed by atoms with E-state index in [9.17, 15) is 24.3 Å². The number of hydrogen-bond donors (Lipinski definition) is 2. The van der Waals surface area contributed by atoms with E-state index in [2.05, 4.69) is 5.32 Å². The molecule has 0 unspecified atom stereocenters. The molecule has 2 heterocycles. The number of anilines is 1. The number of rotatable bonds is 9. The number of imide groups is 1. The van der Waals surface area contributed by atoms with Gasteiger partial charge in [0.25, 0.3) is 11.1 Å². The SMILES string of the molecule is CCOc1ccc(NC(=O)CN2C(=O)S/C(=C/c3cn(Cc4cccc(C(=O)O)c4)c4ccccc34)C2=O)cc1. The molecule has 9 nitrogen and oxygen atoms in total. The highest BCUT2D eigenvalue weighted by atomic mass is 32.2. The van der Waals surface area contributed by atoms with Gasteiger partial charge in [-0.25, -0.2) is 4.79 Å². The summed E-state index contributed by atoms with van der Waals surface area (Å²) in [6, 6.07) is 21.2. The second-order valence-electron chi connectivity index (χ2n) is 9.01. The zero-order valence-electron chi connectivity index (χ0n) is 21.5. The Labute approximate surface area is 234 Å². The molecule has 1 aliphatic rings. The van der Waals surface area contributed by atoms with E-state index >= 15 is 0 Å². The Morgan fingerprint density at radius 2 is 1.80 bits per heavy atom. The van der Waals surface area contributed by atoms with Crippen molar-refractivity contribution in [3.8, 4) is 5.75 Å². The highest BCUT2D eigenvalue weighted by Gasteiger charge is 2.36. The number of aromatic carboxylic acids is 1. The number of carboxylic acids is 1. The van der Waals surface area contributed by atoms with Crippen molar-refractivity contribution in [3.05, 3.63) is 101 Å². The zero-order valence-corrected chi connectivity index (χ0v) is 22.3. The number of carbonyl (C=O) groups is 4. The smallest absolute Gasteiger partial charge is 0.335 e. The van der Waals surface area contributed by atoms with Crippen molar-refractivity contribution >= 4 is 57.5 Å². The number of fused-ring (bicyclic) bond motifs is 1. The average molecular weight is 556 g/mol. The van der Waals surface area contributed by atoms with Gasteiger partial charge in [-0.15, -0.1) is 0 Å². The lowest BCUT2D eigenvalue weighted by Crippen LogP contribution is -2.36. The summed E-state index contributed by atoms with van der Waals surface area (Å²) in [5.74, 6) is -1.36. The molecule has 0 saturated carbocycles. The maximum absolute atomic E-state index is 13.1. The summed E-state index contributed by atoms with van der Waals surface area (Å²) in [4.78, 5) is 50.9. The van der Waals surface area contributed by atoms with Crippen LogP contribution in [0, 0.1) is 0 Å². The summed E-state index contributed by atoms with van der Waals surface area (Å²) in [6.07, 6.45) is 3.52. The van der Waals surface area contributed by atoms with E-state index in [0.29, 0.717) is 24.6 Å². The number of benzene rings is 3. The molecule has 40 heavy (non-hydrogen) atoms. The van der Waals surface area contributed by atoms with E-state index in [1.54, 1.807) is 48.5 Å². The lowest BCUT2D eigenvalue weighted by molar-refractivity contribution is -0.127. The van der Waals surface area contributed by atoms with Gasteiger partial charge < -0.3 is 19.7 Å². The lowest BCUT2D eigenvalue weighted by Gasteiger charge is -2.12. The van der Waals surface area contributed by atoms with E-state index in [-0.39, 0.29) is 10.5 Å². The standard InChI is InChI=1S/C30H25N3O6S/c1-2-39-23-12-10-22(11-13-23)31-27(34)18-33-28(35)26(40-30(33)38)15-21-17-32(25-9-4-3-8-24(21)25)16-19-6-5-7-20(14-19)29(36)37/h3-15,17H,2,16,18H2,1H3,(H,31,34)(H,36,37)/b26-15+. The van der Waals surface area contributed by atoms with E-state index in [1.165, 1.54) is 0 Å². The Hall–Kier alpha value is -4.83. The largest absolute Gasteiger partial charge is 0.494 e. The van der Waals surface area contributed by atoms with Crippen LogP contribution in [-0.4, -0.2) is 50.7 Å². The minimum absolute atomic E-state index is 0.203. The van der Waals surface area contributed by atoms with E-state index in [4.69, 9.17) is 4.74 Å². The number of nitrogens with one attached hydrogen (secondary N) is 1. The summed E-state index contributed by atoms with van der Waals surface area (Å²) in [5, 5.41) is 12.4. The van der Waals surface area contributed by atoms with Crippen molar-refractivity contribution in [3.63, 3.8) is 0 Å². The van der Waals surface area contributed by atoms with Crippen LogP contribution in [-0.2, 0) is 16.1 Å². The molecule has 202 valence electrons. The number of thioether (sulfide) groups is 1. The van der Waals surface area contributed by atoms with Gasteiger partial charge in [-0.2, -0.15) is 0 Å². The predicted molar refractivity (Wildman–Crippen MR) is 153 cm³/mol. The Morgan fingerprint density at radius 1 is 1.02 bits per heavy atom. The maximum atomic E-state index is 13.1. The highest BCUT2D eigenvalue weighted by molar-refractivity contribution is 8.18. The van der Waals surface area contributed by atoms with Gasteiger partial charge >= 0.3 is 5.97 Å². The summed E-state index contributed by atoms with van der Waals surface area (Å²) in [5.41, 5.74) is 3.16. The molecule has 10 heteroatoms. The van der Waals surface area contributed by atoms with Crippen molar-refractivity contribution in [1.29, 1.82) is 0 Å². The van der Waals surface area contributed by atoms with Crippen LogP contribution in [0.1, 0.15) is 28.4 Å². The molecule has 1 aromatic heterocycles. The average Bonchev–Trinajstić information content (AvgIpc) is 3.41. The Morgan fingerprint density at radius 3 is 2.55 bits per heavy atom. The molecular formula is C30H25N3O6S. The Balaban J connectivity index is 1.34. The fourth-order valence-corrected chi connectivity index (χ4v) is 5.27. The van der Waals surface area contributed by atoms with E-state index < -0.39 is 29.6 Å². The number of hydrogen-bond acceptors (Lipinski definition) is 6. The van der Waals surface area contributed by atoms with Crippen LogP contribution < -0.4 is 10.1 Å². The van der Waals surface area contributed by atoms with Crippen LogP contribution in [0.2, 0.25) is 0 Å². The molecule has 2 N–H and O–H groups in total. The second-order valence-corrected chi connectivity index (χ2v) is 10.0. The molecule has 0 radical (unpaired) electrons.